The maximum atomic E-state index is 12.7. The van der Waals surface area contributed by atoms with Gasteiger partial charge in [0.2, 0.25) is 5.91 Å². The van der Waals surface area contributed by atoms with E-state index in [2.05, 4.69) is 32.7 Å². The van der Waals surface area contributed by atoms with Crippen molar-refractivity contribution >= 4 is 33.8 Å². The molecule has 2 aliphatic rings. The zero-order chi connectivity index (χ0) is 23.8. The van der Waals surface area contributed by atoms with Gasteiger partial charge in [0.15, 0.2) is 11.5 Å². The minimum Gasteiger partial charge on any atom is -0.503 e. The third-order valence-corrected chi connectivity index (χ3v) is 6.53. The number of hydrogen-bond acceptors (Lipinski definition) is 6. The summed E-state index contributed by atoms with van der Waals surface area (Å²) >= 11 is 3.38. The van der Waals surface area contributed by atoms with Gasteiger partial charge in [0.05, 0.1) is 11.6 Å². The molecule has 1 aromatic rings. The molecule has 0 unspecified atom stereocenters. The number of carboxylic acid groups (broad SMARTS) is 2. The lowest BCUT2D eigenvalue weighted by molar-refractivity contribution is -0.159. The highest BCUT2D eigenvalue weighted by molar-refractivity contribution is 9.10. The number of nitrogens with zero attached hydrogens (tertiary/aromatic N) is 2. The average Bonchev–Trinajstić information content (AvgIpc) is 2.77. The van der Waals surface area contributed by atoms with Crippen LogP contribution in [0.5, 0.6) is 11.5 Å². The van der Waals surface area contributed by atoms with Crippen LogP contribution in [0.15, 0.2) is 16.6 Å². The number of methoxy groups -OCH3 is 1. The molecule has 0 bridgehead atoms. The Morgan fingerprint density at radius 3 is 2.09 bits per heavy atom. The topological polar surface area (TPSA) is 128 Å². The molecule has 0 aliphatic carbocycles. The Hall–Kier alpha value is -2.33. The molecule has 3 rings (SSSR count). The molecule has 3 N–H and O–H groups in total. The number of aliphatic carboxylic acids is 2. The molecule has 0 radical (unpaired) electrons. The van der Waals surface area contributed by atoms with Gasteiger partial charge in [-0.05, 0) is 78.3 Å². The van der Waals surface area contributed by atoms with Gasteiger partial charge in [-0.2, -0.15) is 0 Å². The number of piperidine rings is 2. The van der Waals surface area contributed by atoms with Gasteiger partial charge in [-0.15, -0.1) is 0 Å². The minimum absolute atomic E-state index is 0.136. The van der Waals surface area contributed by atoms with Crippen molar-refractivity contribution in [2.45, 2.75) is 39.2 Å². The second-order valence-corrected chi connectivity index (χ2v) is 9.15. The van der Waals surface area contributed by atoms with Crippen molar-refractivity contribution < 1.29 is 34.4 Å². The van der Waals surface area contributed by atoms with Gasteiger partial charge in [-0.3, -0.25) is 9.69 Å². The molecule has 9 nitrogen and oxygen atoms in total. The number of carbonyl (C=O) groups is 3. The molecule has 0 aromatic heterocycles. The van der Waals surface area contributed by atoms with Gasteiger partial charge < -0.3 is 25.0 Å². The smallest absolute Gasteiger partial charge is 0.414 e. The third kappa shape index (κ3) is 7.37. The molecule has 0 saturated carbocycles. The number of phenolic OH excluding ortho intramolecular Hbond substituents is 1. The Kier molecular flexibility index (Phi) is 9.77. The van der Waals surface area contributed by atoms with Crippen LogP contribution in [-0.2, 0) is 20.9 Å². The second-order valence-electron chi connectivity index (χ2n) is 8.30. The molecule has 2 aliphatic heterocycles. The molecular weight excluding hydrogens is 484 g/mol. The average molecular weight is 515 g/mol. The van der Waals surface area contributed by atoms with Crippen molar-refractivity contribution in [3.05, 3.63) is 22.2 Å². The van der Waals surface area contributed by atoms with Gasteiger partial charge in [0.1, 0.15) is 0 Å². The number of carboxylic acids is 2. The predicted octanol–water partition coefficient (Wildman–Crippen LogP) is 2.79. The highest BCUT2D eigenvalue weighted by atomic mass is 79.9. The first kappa shape index (κ1) is 25.9. The van der Waals surface area contributed by atoms with Gasteiger partial charge in [0, 0.05) is 25.6 Å². The summed E-state index contributed by atoms with van der Waals surface area (Å²) in [4.78, 5) is 35.4. The number of carbonyl (C=O) groups excluding carboxylic acids is 1. The lowest BCUT2D eigenvalue weighted by atomic mass is 9.92. The van der Waals surface area contributed by atoms with Crippen LogP contribution in [0.1, 0.15) is 38.2 Å². The van der Waals surface area contributed by atoms with Crippen LogP contribution in [0.2, 0.25) is 0 Å². The number of ether oxygens (including phenoxy) is 1. The van der Waals surface area contributed by atoms with Crippen LogP contribution < -0.4 is 4.74 Å². The van der Waals surface area contributed by atoms with Crippen molar-refractivity contribution in [1.82, 2.24) is 9.80 Å². The Morgan fingerprint density at radius 1 is 1.03 bits per heavy atom. The number of benzene rings is 1. The maximum Gasteiger partial charge on any atom is 0.414 e. The Balaban J connectivity index is 0.000000534. The highest BCUT2D eigenvalue weighted by Crippen LogP contribution is 2.36. The summed E-state index contributed by atoms with van der Waals surface area (Å²) in [7, 11) is 1.56. The first-order valence-corrected chi connectivity index (χ1v) is 11.4. The van der Waals surface area contributed by atoms with Gasteiger partial charge in [-0.1, -0.05) is 6.92 Å². The molecule has 10 heteroatoms. The van der Waals surface area contributed by atoms with Crippen LogP contribution in [0.4, 0.5) is 0 Å². The quantitative estimate of drug-likeness (QED) is 0.523. The van der Waals surface area contributed by atoms with E-state index in [1.807, 2.05) is 12.1 Å². The van der Waals surface area contributed by atoms with Crippen LogP contribution in [0.25, 0.3) is 0 Å². The van der Waals surface area contributed by atoms with Crippen LogP contribution >= 0.6 is 15.9 Å². The molecule has 178 valence electrons. The van der Waals surface area contributed by atoms with Gasteiger partial charge >= 0.3 is 11.9 Å². The molecule has 2 fully saturated rings. The number of phenols is 1. The van der Waals surface area contributed by atoms with E-state index in [0.29, 0.717) is 16.1 Å². The van der Waals surface area contributed by atoms with Crippen LogP contribution in [0, 0.1) is 11.8 Å². The molecule has 2 saturated heterocycles. The van der Waals surface area contributed by atoms with Crippen molar-refractivity contribution in [3.63, 3.8) is 0 Å². The number of likely N-dealkylation sites (tertiary alicyclic amines) is 2. The summed E-state index contributed by atoms with van der Waals surface area (Å²) in [6.07, 6.45) is 4.15. The molecule has 0 spiro atoms. The first-order chi connectivity index (χ1) is 15.1. The first-order valence-electron chi connectivity index (χ1n) is 10.6. The lowest BCUT2D eigenvalue weighted by Gasteiger charge is -2.36. The number of halogens is 1. The van der Waals surface area contributed by atoms with E-state index < -0.39 is 11.9 Å². The Bertz CT molecular complexity index is 805. The van der Waals surface area contributed by atoms with Crippen molar-refractivity contribution in [2.24, 2.45) is 11.8 Å². The zero-order valence-electron chi connectivity index (χ0n) is 18.4. The SMILES string of the molecule is COc1cc(CN2CCC(C(=O)N3CCC(C)CC3)CC2)cc(Br)c1O.O=C(O)C(=O)O. The van der Waals surface area contributed by atoms with E-state index in [-0.39, 0.29) is 11.7 Å². The fourth-order valence-corrected chi connectivity index (χ4v) is 4.45. The van der Waals surface area contributed by atoms with Gasteiger partial charge in [0.25, 0.3) is 0 Å². The van der Waals surface area contributed by atoms with Crippen LogP contribution in [0.3, 0.4) is 0 Å². The lowest BCUT2D eigenvalue weighted by Crippen LogP contribution is -2.45. The highest BCUT2D eigenvalue weighted by Gasteiger charge is 2.30. The number of hydrogen-bond donors (Lipinski definition) is 3. The fourth-order valence-electron chi connectivity index (χ4n) is 3.96. The molecule has 32 heavy (non-hydrogen) atoms. The number of aromatic hydroxyl groups is 1. The van der Waals surface area contributed by atoms with Crippen molar-refractivity contribution in [3.8, 4) is 11.5 Å². The standard InChI is InChI=1S/C20H29BrN2O3.C2H2O4/c1-14-3-9-23(10-4-14)20(25)16-5-7-22(8-6-16)13-15-11-17(21)19(24)18(12-15)26-2;3-1(4)2(5)6/h11-12,14,16,24H,3-10,13H2,1-2H3;(H,3,4)(H,5,6). The summed E-state index contributed by atoms with van der Waals surface area (Å²) in [5.41, 5.74) is 1.10. The summed E-state index contributed by atoms with van der Waals surface area (Å²) in [5.74, 6) is -1.73. The summed E-state index contributed by atoms with van der Waals surface area (Å²) in [5, 5.41) is 24.7. The van der Waals surface area contributed by atoms with Gasteiger partial charge in [-0.25, -0.2) is 9.59 Å². The number of rotatable bonds is 4. The Labute approximate surface area is 196 Å². The molecule has 1 aromatic carbocycles. The summed E-state index contributed by atoms with van der Waals surface area (Å²) in [6, 6.07) is 3.82. The van der Waals surface area contributed by atoms with E-state index in [1.165, 1.54) is 0 Å². The fraction of sp³-hybridized carbons (Fsp3) is 0.591. The largest absolute Gasteiger partial charge is 0.503 e. The second kappa shape index (κ2) is 12.1. The zero-order valence-corrected chi connectivity index (χ0v) is 20.0. The van der Waals surface area contributed by atoms with E-state index in [0.717, 1.165) is 69.9 Å². The van der Waals surface area contributed by atoms with E-state index in [9.17, 15) is 9.90 Å². The van der Waals surface area contributed by atoms with Crippen LogP contribution in [-0.4, -0.2) is 76.3 Å². The summed E-state index contributed by atoms with van der Waals surface area (Å²) < 4.78 is 5.88. The monoisotopic (exact) mass is 514 g/mol. The van der Waals surface area contributed by atoms with Crippen molar-refractivity contribution in [1.29, 1.82) is 0 Å². The molecule has 2 heterocycles. The van der Waals surface area contributed by atoms with E-state index >= 15 is 0 Å². The van der Waals surface area contributed by atoms with E-state index in [1.54, 1.807) is 7.11 Å². The minimum atomic E-state index is -1.82. The molecule has 1 amide bonds. The summed E-state index contributed by atoms with van der Waals surface area (Å²) in [6.45, 7) is 6.81. The molecule has 0 atom stereocenters. The normalized spacial score (nSPS) is 17.9. The van der Waals surface area contributed by atoms with Crippen molar-refractivity contribution in [2.75, 3.05) is 33.3 Å². The Morgan fingerprint density at radius 2 is 1.59 bits per heavy atom. The maximum absolute atomic E-state index is 12.7. The number of amides is 1. The van der Waals surface area contributed by atoms with E-state index in [4.69, 9.17) is 24.5 Å². The third-order valence-electron chi connectivity index (χ3n) is 5.93. The predicted molar refractivity (Wildman–Crippen MR) is 121 cm³/mol. The molecular formula is C22H31BrN2O7.